The first-order valence-electron chi connectivity index (χ1n) is 16.1. The third kappa shape index (κ3) is 4.18. The summed E-state index contributed by atoms with van der Waals surface area (Å²) in [7, 11) is 0. The Kier molecular flexibility index (Phi) is 6.99. The van der Waals surface area contributed by atoms with Crippen molar-refractivity contribution in [1.29, 1.82) is 0 Å². The SMILES string of the molecule is C=C(C)[C@H]1CCC2CC[C@]3(C)C(CCC4C5(C)CC[C@H](OC(=O)CC(C)(C)C(=O)O)C(C)(C)C5CCC43C)C21. The average Bonchev–Trinajstić information content (AvgIpc) is 3.25. The number of carbonyl (C=O) groups excluding carboxylic acids is 1. The summed E-state index contributed by atoms with van der Waals surface area (Å²) in [6.07, 6.45) is 12.5. The summed E-state index contributed by atoms with van der Waals surface area (Å²) < 4.78 is 6.12. The van der Waals surface area contributed by atoms with Gasteiger partial charge in [-0.25, -0.2) is 0 Å². The van der Waals surface area contributed by atoms with Crippen LogP contribution >= 0.6 is 0 Å². The number of carboxylic acids is 1. The summed E-state index contributed by atoms with van der Waals surface area (Å²) in [5.41, 5.74) is 1.18. The lowest BCUT2D eigenvalue weighted by atomic mass is 9.33. The van der Waals surface area contributed by atoms with Crippen LogP contribution in [0.4, 0.5) is 0 Å². The second kappa shape index (κ2) is 9.35. The van der Waals surface area contributed by atoms with E-state index in [2.05, 4.69) is 48.1 Å². The van der Waals surface area contributed by atoms with Crippen molar-refractivity contribution in [2.24, 2.45) is 62.6 Å². The zero-order valence-corrected chi connectivity index (χ0v) is 26.2. The monoisotopic (exact) mass is 540 g/mol. The normalized spacial score (nSPS) is 46.7. The highest BCUT2D eigenvalue weighted by Gasteiger charge is 2.69. The molecule has 7 unspecified atom stereocenters. The minimum atomic E-state index is -1.10. The number of aliphatic carboxylic acids is 1. The Morgan fingerprint density at radius 1 is 0.872 bits per heavy atom. The zero-order chi connectivity index (χ0) is 28.8. The van der Waals surface area contributed by atoms with Crippen LogP contribution in [-0.4, -0.2) is 23.1 Å². The smallest absolute Gasteiger partial charge is 0.309 e. The Hall–Kier alpha value is -1.32. The van der Waals surface area contributed by atoms with Gasteiger partial charge in [-0.1, -0.05) is 46.8 Å². The van der Waals surface area contributed by atoms with Gasteiger partial charge in [0.25, 0.3) is 0 Å². The lowest BCUT2D eigenvalue weighted by Gasteiger charge is -2.72. The molecule has 4 heteroatoms. The predicted octanol–water partition coefficient (Wildman–Crippen LogP) is 8.69. The summed E-state index contributed by atoms with van der Waals surface area (Å²) in [4.78, 5) is 24.5. The molecule has 0 heterocycles. The standard InChI is InChI=1S/C35H56O4/c1-21(2)23-11-10-22-14-18-34(8)24(29(22)23)12-13-26-33(7)17-16-27(39-28(36)20-31(3,4)30(37)38)32(5,6)25(33)15-19-35(26,34)9/h22-27,29H,1,10-20H2,2-9H3,(H,37,38)/t22?,23-,24?,25?,26?,27+,29?,33?,34-,35?/m1/s1. The Morgan fingerprint density at radius 3 is 2.18 bits per heavy atom. The highest BCUT2D eigenvalue weighted by molar-refractivity contribution is 5.81. The number of ether oxygens (including phenoxy) is 1. The van der Waals surface area contributed by atoms with E-state index >= 15 is 0 Å². The molecular formula is C35H56O4. The van der Waals surface area contributed by atoms with E-state index in [0.717, 1.165) is 36.5 Å². The maximum Gasteiger partial charge on any atom is 0.309 e. The lowest BCUT2D eigenvalue weighted by Crippen LogP contribution is -2.66. The van der Waals surface area contributed by atoms with Crippen molar-refractivity contribution in [3.63, 3.8) is 0 Å². The molecule has 5 aliphatic carbocycles. The zero-order valence-electron chi connectivity index (χ0n) is 26.2. The van der Waals surface area contributed by atoms with Crippen molar-refractivity contribution in [1.82, 2.24) is 0 Å². The number of rotatable bonds is 5. The fourth-order valence-electron chi connectivity index (χ4n) is 12.0. The lowest BCUT2D eigenvalue weighted by molar-refractivity contribution is -0.244. The predicted molar refractivity (Wildman–Crippen MR) is 156 cm³/mol. The number of hydrogen-bond acceptors (Lipinski definition) is 3. The van der Waals surface area contributed by atoms with Gasteiger partial charge in [-0.05, 0) is 137 Å². The van der Waals surface area contributed by atoms with E-state index in [4.69, 9.17) is 4.74 Å². The van der Waals surface area contributed by atoms with Crippen LogP contribution in [-0.2, 0) is 14.3 Å². The molecule has 1 N–H and O–H groups in total. The van der Waals surface area contributed by atoms with Crippen molar-refractivity contribution in [3.05, 3.63) is 12.2 Å². The third-order valence-corrected chi connectivity index (χ3v) is 14.3. The fraction of sp³-hybridized carbons (Fsp3) is 0.886. The highest BCUT2D eigenvalue weighted by Crippen LogP contribution is 2.76. The molecule has 5 rings (SSSR count). The van der Waals surface area contributed by atoms with Crippen LogP contribution in [0.1, 0.15) is 126 Å². The van der Waals surface area contributed by atoms with Crippen LogP contribution in [0.25, 0.3) is 0 Å². The third-order valence-electron chi connectivity index (χ3n) is 14.3. The van der Waals surface area contributed by atoms with Gasteiger partial charge in [0.1, 0.15) is 6.10 Å². The van der Waals surface area contributed by atoms with Gasteiger partial charge in [-0.3, -0.25) is 9.59 Å². The molecule has 0 saturated heterocycles. The molecule has 0 bridgehead atoms. The number of allylic oxidation sites excluding steroid dienone is 1. The number of carbonyl (C=O) groups is 2. The topological polar surface area (TPSA) is 63.6 Å². The first-order chi connectivity index (χ1) is 18.0. The molecule has 5 fully saturated rings. The molecule has 0 aromatic carbocycles. The van der Waals surface area contributed by atoms with Crippen LogP contribution in [0, 0.1) is 62.6 Å². The van der Waals surface area contributed by atoms with Crippen LogP contribution < -0.4 is 0 Å². The molecule has 0 aromatic rings. The first kappa shape index (κ1) is 29.2. The van der Waals surface area contributed by atoms with Gasteiger partial charge in [0.05, 0.1) is 11.8 Å². The Labute approximate surface area is 238 Å². The highest BCUT2D eigenvalue weighted by atomic mass is 16.5. The molecule has 5 aliphatic rings. The Balaban J connectivity index is 1.38. The van der Waals surface area contributed by atoms with Gasteiger partial charge in [-0.15, -0.1) is 0 Å². The summed E-state index contributed by atoms with van der Waals surface area (Å²) in [6.45, 7) is 22.6. The van der Waals surface area contributed by atoms with E-state index in [1.165, 1.54) is 56.9 Å². The van der Waals surface area contributed by atoms with Gasteiger partial charge in [0.2, 0.25) is 0 Å². The number of esters is 1. The molecule has 0 spiro atoms. The largest absolute Gasteiger partial charge is 0.481 e. The molecule has 0 aliphatic heterocycles. The summed E-state index contributed by atoms with van der Waals surface area (Å²) in [5, 5.41) is 9.50. The molecule has 4 nitrogen and oxygen atoms in total. The number of carboxylic acid groups (broad SMARTS) is 1. The average molecular weight is 541 g/mol. The van der Waals surface area contributed by atoms with E-state index in [1.807, 2.05) is 0 Å². The van der Waals surface area contributed by atoms with E-state index < -0.39 is 11.4 Å². The van der Waals surface area contributed by atoms with Crippen LogP contribution in [0.2, 0.25) is 0 Å². The quantitative estimate of drug-likeness (QED) is 0.280. The van der Waals surface area contributed by atoms with Crippen LogP contribution in [0.5, 0.6) is 0 Å². The van der Waals surface area contributed by atoms with Gasteiger partial charge in [0, 0.05) is 5.41 Å². The maximum absolute atomic E-state index is 12.9. The van der Waals surface area contributed by atoms with Crippen molar-refractivity contribution < 1.29 is 19.4 Å². The van der Waals surface area contributed by atoms with E-state index in [-0.39, 0.29) is 29.3 Å². The molecule has 5 saturated carbocycles. The van der Waals surface area contributed by atoms with Crippen LogP contribution in [0.3, 0.4) is 0 Å². The second-order valence-corrected chi connectivity index (χ2v) is 16.8. The molecule has 0 radical (unpaired) electrons. The van der Waals surface area contributed by atoms with Crippen LogP contribution in [0.15, 0.2) is 12.2 Å². The van der Waals surface area contributed by atoms with Gasteiger partial charge >= 0.3 is 11.9 Å². The van der Waals surface area contributed by atoms with Gasteiger partial charge in [0.15, 0.2) is 0 Å². The second-order valence-electron chi connectivity index (χ2n) is 16.8. The van der Waals surface area contributed by atoms with E-state index in [1.54, 1.807) is 13.8 Å². The molecule has 0 aromatic heterocycles. The summed E-state index contributed by atoms with van der Waals surface area (Å²) >= 11 is 0. The fourth-order valence-corrected chi connectivity index (χ4v) is 12.0. The van der Waals surface area contributed by atoms with Crippen molar-refractivity contribution in [3.8, 4) is 0 Å². The van der Waals surface area contributed by atoms with E-state index in [9.17, 15) is 14.7 Å². The Morgan fingerprint density at radius 2 is 1.54 bits per heavy atom. The Bertz CT molecular complexity index is 1030. The molecular weight excluding hydrogens is 484 g/mol. The van der Waals surface area contributed by atoms with Gasteiger partial charge < -0.3 is 9.84 Å². The maximum atomic E-state index is 12.9. The van der Waals surface area contributed by atoms with Gasteiger partial charge in [-0.2, -0.15) is 0 Å². The van der Waals surface area contributed by atoms with Crippen molar-refractivity contribution in [2.45, 2.75) is 132 Å². The molecule has 39 heavy (non-hydrogen) atoms. The molecule has 220 valence electrons. The molecule has 10 atom stereocenters. The van der Waals surface area contributed by atoms with Crippen molar-refractivity contribution >= 4 is 11.9 Å². The summed E-state index contributed by atoms with van der Waals surface area (Å²) in [6, 6.07) is 0. The van der Waals surface area contributed by atoms with E-state index in [0.29, 0.717) is 22.7 Å². The number of hydrogen-bond donors (Lipinski definition) is 1. The minimum absolute atomic E-state index is 0.0787. The number of fused-ring (bicyclic) bond motifs is 7. The first-order valence-corrected chi connectivity index (χ1v) is 16.1. The minimum Gasteiger partial charge on any atom is -0.481 e. The van der Waals surface area contributed by atoms with Crippen molar-refractivity contribution in [2.75, 3.05) is 0 Å². The molecule has 0 amide bonds. The summed E-state index contributed by atoms with van der Waals surface area (Å²) in [5.74, 6) is 3.19.